The van der Waals surface area contributed by atoms with Crippen molar-refractivity contribution in [2.45, 2.75) is 26.8 Å². The van der Waals surface area contributed by atoms with E-state index in [1.54, 1.807) is 0 Å². The summed E-state index contributed by atoms with van der Waals surface area (Å²) in [7, 11) is 0. The Labute approximate surface area is 89.9 Å². The number of hydrogen-bond acceptors (Lipinski definition) is 2. The second kappa shape index (κ2) is 3.57. The van der Waals surface area contributed by atoms with E-state index in [0.717, 1.165) is 16.9 Å². The van der Waals surface area contributed by atoms with E-state index in [0.29, 0.717) is 0 Å². The lowest BCUT2D eigenvalue weighted by molar-refractivity contribution is -0.117. The molecule has 0 spiro atoms. The molecule has 1 amide bonds. The van der Waals surface area contributed by atoms with Crippen LogP contribution in [0.3, 0.4) is 0 Å². The Kier molecular flexibility index (Phi) is 2.39. The van der Waals surface area contributed by atoms with Gasteiger partial charge in [-0.05, 0) is 24.5 Å². The van der Waals surface area contributed by atoms with Crippen LogP contribution in [0.1, 0.15) is 19.4 Å². The number of nitrogens with one attached hydrogen (secondary N) is 2. The summed E-state index contributed by atoms with van der Waals surface area (Å²) in [6.07, 6.45) is 0. The number of aryl methyl sites for hydroxylation is 1. The quantitative estimate of drug-likeness (QED) is 0.737. The van der Waals surface area contributed by atoms with Gasteiger partial charge in [0.1, 0.15) is 6.04 Å². The van der Waals surface area contributed by atoms with Gasteiger partial charge in [-0.15, -0.1) is 0 Å². The molecule has 0 aliphatic carbocycles. The van der Waals surface area contributed by atoms with Crippen molar-refractivity contribution in [2.24, 2.45) is 5.92 Å². The Morgan fingerprint density at radius 1 is 1.33 bits per heavy atom. The highest BCUT2D eigenvalue weighted by atomic mass is 16.2. The topological polar surface area (TPSA) is 41.1 Å². The predicted molar refractivity (Wildman–Crippen MR) is 62.1 cm³/mol. The smallest absolute Gasteiger partial charge is 0.247 e. The van der Waals surface area contributed by atoms with Gasteiger partial charge in [0, 0.05) is 0 Å². The number of rotatable bonds is 1. The van der Waals surface area contributed by atoms with Crippen LogP contribution < -0.4 is 10.6 Å². The Morgan fingerprint density at radius 3 is 2.73 bits per heavy atom. The molecule has 0 aromatic heterocycles. The molecule has 1 aliphatic heterocycles. The van der Waals surface area contributed by atoms with Gasteiger partial charge in [0.05, 0.1) is 11.4 Å². The summed E-state index contributed by atoms with van der Waals surface area (Å²) in [6, 6.07) is 5.79. The molecular weight excluding hydrogens is 188 g/mol. The Bertz CT molecular complexity index is 399. The second-order valence-corrected chi connectivity index (χ2v) is 4.35. The molecule has 2 N–H and O–H groups in total. The van der Waals surface area contributed by atoms with Crippen molar-refractivity contribution in [1.82, 2.24) is 0 Å². The SMILES string of the molecule is Cc1cccc2c1NC(C(C)C)C(=O)N2. The van der Waals surface area contributed by atoms with Crippen LogP contribution in [0, 0.1) is 12.8 Å². The van der Waals surface area contributed by atoms with Crippen LogP contribution in [0.4, 0.5) is 11.4 Å². The maximum Gasteiger partial charge on any atom is 0.247 e. The molecule has 1 aromatic rings. The van der Waals surface area contributed by atoms with E-state index in [1.165, 1.54) is 0 Å². The summed E-state index contributed by atoms with van der Waals surface area (Å²) in [5.74, 6) is 0.348. The Morgan fingerprint density at radius 2 is 2.07 bits per heavy atom. The van der Waals surface area contributed by atoms with Gasteiger partial charge in [-0.25, -0.2) is 0 Å². The van der Waals surface area contributed by atoms with E-state index in [-0.39, 0.29) is 17.9 Å². The maximum atomic E-state index is 11.7. The van der Waals surface area contributed by atoms with E-state index in [2.05, 4.69) is 10.6 Å². The normalized spacial score (nSPS) is 19.5. The number of benzene rings is 1. The van der Waals surface area contributed by atoms with Gasteiger partial charge in [0.25, 0.3) is 0 Å². The molecule has 1 aliphatic rings. The fraction of sp³-hybridized carbons (Fsp3) is 0.417. The van der Waals surface area contributed by atoms with Gasteiger partial charge in [-0.3, -0.25) is 4.79 Å². The summed E-state index contributed by atoms with van der Waals surface area (Å²) < 4.78 is 0. The molecule has 0 bridgehead atoms. The van der Waals surface area contributed by atoms with E-state index in [1.807, 2.05) is 39.0 Å². The number of amides is 1. The van der Waals surface area contributed by atoms with Gasteiger partial charge >= 0.3 is 0 Å². The highest BCUT2D eigenvalue weighted by Gasteiger charge is 2.28. The van der Waals surface area contributed by atoms with Crippen LogP contribution in [-0.4, -0.2) is 11.9 Å². The van der Waals surface area contributed by atoms with Crippen LogP contribution >= 0.6 is 0 Å². The van der Waals surface area contributed by atoms with Crippen molar-refractivity contribution >= 4 is 17.3 Å². The van der Waals surface area contributed by atoms with E-state index < -0.39 is 0 Å². The zero-order chi connectivity index (χ0) is 11.0. The largest absolute Gasteiger partial charge is 0.372 e. The molecule has 15 heavy (non-hydrogen) atoms. The van der Waals surface area contributed by atoms with Gasteiger partial charge in [-0.1, -0.05) is 26.0 Å². The van der Waals surface area contributed by atoms with E-state index >= 15 is 0 Å². The minimum absolute atomic E-state index is 0.0584. The number of fused-ring (bicyclic) bond motifs is 1. The van der Waals surface area contributed by atoms with Crippen molar-refractivity contribution in [3.8, 4) is 0 Å². The second-order valence-electron chi connectivity index (χ2n) is 4.35. The zero-order valence-corrected chi connectivity index (χ0v) is 9.29. The molecule has 0 fully saturated rings. The first-order valence-corrected chi connectivity index (χ1v) is 5.26. The highest BCUT2D eigenvalue weighted by Crippen LogP contribution is 2.31. The highest BCUT2D eigenvalue weighted by molar-refractivity contribution is 6.03. The molecule has 1 heterocycles. The van der Waals surface area contributed by atoms with Crippen LogP contribution in [-0.2, 0) is 4.79 Å². The lowest BCUT2D eigenvalue weighted by Gasteiger charge is -2.30. The predicted octanol–water partition coefficient (Wildman–Crippen LogP) is 2.38. The van der Waals surface area contributed by atoms with Crippen LogP contribution in [0.25, 0.3) is 0 Å². The average Bonchev–Trinajstić information content (AvgIpc) is 2.16. The van der Waals surface area contributed by atoms with Crippen molar-refractivity contribution in [3.05, 3.63) is 23.8 Å². The minimum Gasteiger partial charge on any atom is -0.372 e. The first-order chi connectivity index (χ1) is 7.09. The molecule has 3 heteroatoms. The zero-order valence-electron chi connectivity index (χ0n) is 9.29. The molecule has 1 unspecified atom stereocenters. The average molecular weight is 204 g/mol. The number of carbonyl (C=O) groups excluding carboxylic acids is 1. The fourth-order valence-electron chi connectivity index (χ4n) is 1.86. The molecule has 2 rings (SSSR count). The summed E-state index contributed by atoms with van der Waals surface area (Å²) in [6.45, 7) is 6.13. The third kappa shape index (κ3) is 1.69. The Balaban J connectivity index is 2.39. The molecule has 0 saturated carbocycles. The Hall–Kier alpha value is -1.51. The standard InChI is InChI=1S/C12H16N2O/c1-7(2)10-12(15)13-9-6-4-5-8(3)11(9)14-10/h4-7,10,14H,1-3H3,(H,13,15). The first kappa shape index (κ1) is 10.0. The molecule has 1 aromatic carbocycles. The third-order valence-corrected chi connectivity index (χ3v) is 2.78. The summed E-state index contributed by atoms with van der Waals surface area (Å²) in [5, 5.41) is 6.23. The molecule has 0 radical (unpaired) electrons. The van der Waals surface area contributed by atoms with Gasteiger partial charge in [0.2, 0.25) is 5.91 Å². The monoisotopic (exact) mass is 204 g/mol. The van der Waals surface area contributed by atoms with Crippen LogP contribution in [0.5, 0.6) is 0 Å². The maximum absolute atomic E-state index is 11.7. The summed E-state index contributed by atoms with van der Waals surface area (Å²) in [4.78, 5) is 11.7. The lowest BCUT2D eigenvalue weighted by atomic mass is 9.99. The molecule has 80 valence electrons. The van der Waals surface area contributed by atoms with Crippen molar-refractivity contribution in [2.75, 3.05) is 10.6 Å². The third-order valence-electron chi connectivity index (χ3n) is 2.78. The molecular formula is C12H16N2O. The number of para-hydroxylation sites is 1. The van der Waals surface area contributed by atoms with Crippen LogP contribution in [0.2, 0.25) is 0 Å². The molecule has 3 nitrogen and oxygen atoms in total. The van der Waals surface area contributed by atoms with Gasteiger partial charge < -0.3 is 10.6 Å². The molecule has 1 atom stereocenters. The van der Waals surface area contributed by atoms with Crippen LogP contribution in [0.15, 0.2) is 18.2 Å². The van der Waals surface area contributed by atoms with E-state index in [9.17, 15) is 4.79 Å². The number of carbonyl (C=O) groups is 1. The number of hydrogen-bond donors (Lipinski definition) is 2. The minimum atomic E-state index is -0.126. The van der Waals surface area contributed by atoms with Gasteiger partial charge in [-0.2, -0.15) is 0 Å². The number of anilines is 2. The van der Waals surface area contributed by atoms with Crippen molar-refractivity contribution < 1.29 is 4.79 Å². The van der Waals surface area contributed by atoms with E-state index in [4.69, 9.17) is 0 Å². The fourth-order valence-corrected chi connectivity index (χ4v) is 1.86. The lowest BCUT2D eigenvalue weighted by Crippen LogP contribution is -2.42. The van der Waals surface area contributed by atoms with Crippen molar-refractivity contribution in [1.29, 1.82) is 0 Å². The van der Waals surface area contributed by atoms with Crippen molar-refractivity contribution in [3.63, 3.8) is 0 Å². The summed E-state index contributed by atoms with van der Waals surface area (Å²) >= 11 is 0. The summed E-state index contributed by atoms with van der Waals surface area (Å²) in [5.41, 5.74) is 3.10. The molecule has 0 saturated heterocycles. The van der Waals surface area contributed by atoms with Gasteiger partial charge in [0.15, 0.2) is 0 Å². The first-order valence-electron chi connectivity index (χ1n) is 5.26.